The maximum atomic E-state index is 12.9. The molecule has 2 aliphatic rings. The smallest absolute Gasteiger partial charge is 0.408 e. The van der Waals surface area contributed by atoms with Crippen LogP contribution in [0.25, 0.3) is 0 Å². The maximum Gasteiger partial charge on any atom is 0.408 e. The van der Waals surface area contributed by atoms with Crippen molar-refractivity contribution in [3.63, 3.8) is 0 Å². The third-order valence-electron chi connectivity index (χ3n) is 4.75. The highest BCUT2D eigenvalue weighted by Gasteiger charge is 2.77. The molecule has 0 aromatic heterocycles. The molecule has 2 aliphatic carbocycles. The van der Waals surface area contributed by atoms with E-state index in [1.54, 1.807) is 27.7 Å². The number of fused-ring (bicyclic) bond motifs is 1. The van der Waals surface area contributed by atoms with Crippen molar-refractivity contribution in [1.29, 1.82) is 0 Å². The molecule has 1 amide bonds. The third kappa shape index (κ3) is 4.28. The van der Waals surface area contributed by atoms with Crippen LogP contribution in [0.4, 0.5) is 4.79 Å². The fourth-order valence-corrected chi connectivity index (χ4v) is 3.97. The molecule has 0 unspecified atom stereocenters. The van der Waals surface area contributed by atoms with Gasteiger partial charge in [0, 0.05) is 25.2 Å². The van der Waals surface area contributed by atoms with Crippen LogP contribution in [0.5, 0.6) is 0 Å². The second kappa shape index (κ2) is 7.81. The minimum Gasteiger partial charge on any atom is -0.464 e. The van der Waals surface area contributed by atoms with Crippen LogP contribution in [0.1, 0.15) is 41.0 Å². The first-order chi connectivity index (χ1) is 13.0. The van der Waals surface area contributed by atoms with Crippen molar-refractivity contribution in [2.24, 2.45) is 17.8 Å². The van der Waals surface area contributed by atoms with Crippen LogP contribution in [-0.2, 0) is 33.3 Å². The van der Waals surface area contributed by atoms with Gasteiger partial charge < -0.3 is 24.3 Å². The molecule has 9 heteroatoms. The molecular formula is C19H27NO8. The van der Waals surface area contributed by atoms with Gasteiger partial charge in [0.05, 0.1) is 18.8 Å². The average molecular weight is 397 g/mol. The molecule has 2 fully saturated rings. The first kappa shape index (κ1) is 21.7. The minimum absolute atomic E-state index is 0.0160. The number of rotatable bonds is 6. The number of hydrogen-bond donors (Lipinski definition) is 1. The Labute approximate surface area is 163 Å². The van der Waals surface area contributed by atoms with Crippen molar-refractivity contribution < 1.29 is 38.1 Å². The minimum atomic E-state index is -1.56. The van der Waals surface area contributed by atoms with E-state index < -0.39 is 59.0 Å². The van der Waals surface area contributed by atoms with Gasteiger partial charge in [-0.15, -0.1) is 0 Å². The van der Waals surface area contributed by atoms with E-state index in [2.05, 4.69) is 11.9 Å². The number of ether oxygens (including phenoxy) is 4. The van der Waals surface area contributed by atoms with Crippen molar-refractivity contribution in [2.75, 3.05) is 6.61 Å². The molecule has 0 aromatic rings. The predicted molar refractivity (Wildman–Crippen MR) is 95.7 cm³/mol. The molecule has 0 bridgehead atoms. The quantitative estimate of drug-likeness (QED) is 0.409. The van der Waals surface area contributed by atoms with Gasteiger partial charge in [0.15, 0.2) is 0 Å². The molecule has 9 nitrogen and oxygen atoms in total. The van der Waals surface area contributed by atoms with Gasteiger partial charge in [0.2, 0.25) is 0 Å². The predicted octanol–water partition coefficient (Wildman–Crippen LogP) is 1.70. The van der Waals surface area contributed by atoms with Crippen molar-refractivity contribution in [2.45, 2.75) is 58.3 Å². The highest BCUT2D eigenvalue weighted by Crippen LogP contribution is 2.64. The van der Waals surface area contributed by atoms with E-state index in [-0.39, 0.29) is 13.0 Å². The first-order valence-electron chi connectivity index (χ1n) is 9.14. The van der Waals surface area contributed by atoms with E-state index >= 15 is 0 Å². The van der Waals surface area contributed by atoms with E-state index in [4.69, 9.17) is 18.9 Å². The second-order valence-corrected chi connectivity index (χ2v) is 7.90. The van der Waals surface area contributed by atoms with E-state index in [0.29, 0.717) is 0 Å². The summed E-state index contributed by atoms with van der Waals surface area (Å²) >= 11 is 0. The monoisotopic (exact) mass is 397 g/mol. The van der Waals surface area contributed by atoms with Crippen LogP contribution in [-0.4, -0.2) is 47.9 Å². The van der Waals surface area contributed by atoms with Crippen molar-refractivity contribution in [1.82, 2.24) is 5.32 Å². The van der Waals surface area contributed by atoms with Crippen molar-refractivity contribution in [3.05, 3.63) is 12.8 Å². The Balaban J connectivity index is 2.37. The molecular weight excluding hydrogens is 370 g/mol. The van der Waals surface area contributed by atoms with Crippen LogP contribution in [0.15, 0.2) is 12.8 Å². The Bertz CT molecular complexity index is 682. The molecule has 0 radical (unpaired) electrons. The summed E-state index contributed by atoms with van der Waals surface area (Å²) < 4.78 is 20.6. The summed E-state index contributed by atoms with van der Waals surface area (Å²) in [6.45, 7) is 11.3. The average Bonchev–Trinajstić information content (AvgIpc) is 3.20. The van der Waals surface area contributed by atoms with Crippen molar-refractivity contribution >= 4 is 24.0 Å². The normalized spacial score (nSPS) is 30.5. The lowest BCUT2D eigenvalue weighted by molar-refractivity contribution is -0.157. The Kier molecular flexibility index (Phi) is 6.06. The number of nitrogens with one attached hydrogen (secondary N) is 1. The SMILES string of the molecule is C=COC(=O)[C@H]1[C@H]2[C@@H]1[C@](NC(=O)OC(C)(C)C)(C(=O)OCC)C[C@@H]2OC(C)=O. The summed E-state index contributed by atoms with van der Waals surface area (Å²) in [6.07, 6.45) is -0.600. The van der Waals surface area contributed by atoms with Crippen molar-refractivity contribution in [3.8, 4) is 0 Å². The van der Waals surface area contributed by atoms with Gasteiger partial charge in [-0.25, -0.2) is 9.59 Å². The molecule has 0 spiro atoms. The number of hydrogen-bond acceptors (Lipinski definition) is 8. The van der Waals surface area contributed by atoms with E-state index in [9.17, 15) is 19.2 Å². The fraction of sp³-hybridized carbons (Fsp3) is 0.684. The van der Waals surface area contributed by atoms with Gasteiger partial charge in [-0.05, 0) is 27.7 Å². The van der Waals surface area contributed by atoms with E-state index in [1.165, 1.54) is 6.92 Å². The van der Waals surface area contributed by atoms with Crippen LogP contribution < -0.4 is 5.32 Å². The molecule has 1 N–H and O–H groups in total. The highest BCUT2D eigenvalue weighted by molar-refractivity contribution is 5.91. The van der Waals surface area contributed by atoms with Crippen LogP contribution >= 0.6 is 0 Å². The van der Waals surface area contributed by atoms with Gasteiger partial charge in [-0.2, -0.15) is 0 Å². The Morgan fingerprint density at radius 3 is 2.39 bits per heavy atom. The van der Waals surface area contributed by atoms with Crippen LogP contribution in [0, 0.1) is 17.8 Å². The van der Waals surface area contributed by atoms with E-state index in [0.717, 1.165) is 6.26 Å². The topological polar surface area (TPSA) is 117 Å². The number of amides is 1. The lowest BCUT2D eigenvalue weighted by Gasteiger charge is -2.32. The standard InChI is InChI=1S/C19H27NO8/c1-7-25-15(22)13-12-11(27-10(3)21)9-19(14(12)13,16(23)26-8-2)20-17(24)28-18(4,5)6/h7,11-14H,1,8-9H2,2-6H3,(H,20,24)/t11-,12-,13-,14-,19-/m0/s1. The second-order valence-electron chi connectivity index (χ2n) is 7.90. The summed E-state index contributed by atoms with van der Waals surface area (Å²) in [5.74, 6) is -3.73. The first-order valence-corrected chi connectivity index (χ1v) is 9.14. The summed E-state index contributed by atoms with van der Waals surface area (Å²) in [7, 11) is 0. The zero-order valence-electron chi connectivity index (χ0n) is 16.8. The molecule has 0 aliphatic heterocycles. The zero-order chi connectivity index (χ0) is 21.3. The van der Waals surface area contributed by atoms with Gasteiger partial charge in [-0.1, -0.05) is 6.58 Å². The lowest BCUT2D eigenvalue weighted by atomic mass is 9.89. The summed E-state index contributed by atoms with van der Waals surface area (Å²) in [5, 5.41) is 2.59. The molecule has 0 heterocycles. The molecule has 2 saturated carbocycles. The number of esters is 3. The molecule has 2 rings (SSSR count). The maximum absolute atomic E-state index is 12.9. The fourth-order valence-electron chi connectivity index (χ4n) is 3.97. The Morgan fingerprint density at radius 2 is 1.89 bits per heavy atom. The Morgan fingerprint density at radius 1 is 1.25 bits per heavy atom. The van der Waals surface area contributed by atoms with Gasteiger partial charge in [-0.3, -0.25) is 9.59 Å². The number of alkyl carbamates (subject to hydrolysis) is 1. The van der Waals surface area contributed by atoms with Crippen LogP contribution in [0.2, 0.25) is 0 Å². The summed E-state index contributed by atoms with van der Waals surface area (Å²) in [4.78, 5) is 49.1. The van der Waals surface area contributed by atoms with Gasteiger partial charge in [0.25, 0.3) is 0 Å². The lowest BCUT2D eigenvalue weighted by Crippen LogP contribution is -2.58. The molecule has 5 atom stereocenters. The number of carbonyl (C=O) groups excluding carboxylic acids is 4. The molecule has 0 aromatic carbocycles. The highest BCUT2D eigenvalue weighted by atomic mass is 16.6. The van der Waals surface area contributed by atoms with Gasteiger partial charge in [0.1, 0.15) is 17.2 Å². The van der Waals surface area contributed by atoms with Gasteiger partial charge >= 0.3 is 24.0 Å². The molecule has 0 saturated heterocycles. The van der Waals surface area contributed by atoms with Crippen LogP contribution in [0.3, 0.4) is 0 Å². The largest absolute Gasteiger partial charge is 0.464 e. The summed E-state index contributed by atoms with van der Waals surface area (Å²) in [5.41, 5.74) is -2.36. The Hall–Kier alpha value is -2.58. The molecule has 28 heavy (non-hydrogen) atoms. The summed E-state index contributed by atoms with van der Waals surface area (Å²) in [6, 6.07) is 0. The van der Waals surface area contributed by atoms with E-state index in [1.807, 2.05) is 0 Å². The molecule has 156 valence electrons. The zero-order valence-corrected chi connectivity index (χ0v) is 16.8. The number of carbonyl (C=O) groups is 4. The third-order valence-corrected chi connectivity index (χ3v) is 4.75.